The van der Waals surface area contributed by atoms with E-state index >= 15 is 0 Å². The van der Waals surface area contributed by atoms with Gasteiger partial charge in [0.25, 0.3) is 0 Å². The third-order valence-electron chi connectivity index (χ3n) is 2.80. The molecule has 0 aliphatic carbocycles. The maximum absolute atomic E-state index is 12.8. The van der Waals surface area contributed by atoms with E-state index in [1.807, 2.05) is 6.92 Å². The highest BCUT2D eigenvalue weighted by atomic mass is 35.5. The smallest absolute Gasteiger partial charge is 0.308 e. The van der Waals surface area contributed by atoms with Gasteiger partial charge in [-0.3, -0.25) is 4.90 Å². The second kappa shape index (κ2) is 6.39. The van der Waals surface area contributed by atoms with Gasteiger partial charge in [-0.05, 0) is 55.5 Å². The Morgan fingerprint density at radius 1 is 1.15 bits per heavy atom. The number of hydrogen-bond acceptors (Lipinski definition) is 1. The molecule has 0 bridgehead atoms. The van der Waals surface area contributed by atoms with Crippen molar-refractivity contribution in [1.82, 2.24) is 0 Å². The van der Waals surface area contributed by atoms with Crippen LogP contribution in [-0.4, -0.2) is 12.6 Å². The summed E-state index contributed by atoms with van der Waals surface area (Å²) in [7, 11) is 0. The number of carbonyl (C=O) groups excluding carboxylic acids is 1. The minimum atomic E-state index is -0.340. The van der Waals surface area contributed by atoms with Crippen LogP contribution in [0.15, 0.2) is 48.5 Å². The number of amides is 2. The number of nitrogens with one attached hydrogen (secondary N) is 1. The SMILES string of the molecule is CCN(C(=O)Nc1ccc(F)cc1)c1ccc(Cl)cc1. The molecule has 2 aromatic carbocycles. The number of nitrogens with zero attached hydrogens (tertiary/aromatic N) is 1. The van der Waals surface area contributed by atoms with Gasteiger partial charge in [0.05, 0.1) is 0 Å². The van der Waals surface area contributed by atoms with Crippen molar-refractivity contribution in [3.8, 4) is 0 Å². The lowest BCUT2D eigenvalue weighted by Crippen LogP contribution is -2.34. The van der Waals surface area contributed by atoms with Crippen LogP contribution in [-0.2, 0) is 0 Å². The zero-order valence-corrected chi connectivity index (χ0v) is 11.7. The Bertz CT molecular complexity index is 584. The zero-order chi connectivity index (χ0) is 14.5. The highest BCUT2D eigenvalue weighted by Crippen LogP contribution is 2.19. The first-order valence-electron chi connectivity index (χ1n) is 6.20. The predicted octanol–water partition coefficient (Wildman–Crippen LogP) is 4.54. The van der Waals surface area contributed by atoms with Gasteiger partial charge in [-0.1, -0.05) is 11.6 Å². The molecule has 0 saturated heterocycles. The number of rotatable bonds is 3. The van der Waals surface area contributed by atoms with Crippen LogP contribution >= 0.6 is 11.6 Å². The normalized spacial score (nSPS) is 10.2. The van der Waals surface area contributed by atoms with Crippen molar-refractivity contribution in [3.63, 3.8) is 0 Å². The molecule has 0 aliphatic heterocycles. The lowest BCUT2D eigenvalue weighted by Gasteiger charge is -2.21. The third-order valence-corrected chi connectivity index (χ3v) is 3.05. The van der Waals surface area contributed by atoms with E-state index in [-0.39, 0.29) is 11.8 Å². The molecule has 2 aromatic rings. The van der Waals surface area contributed by atoms with Crippen LogP contribution < -0.4 is 10.2 Å². The lowest BCUT2D eigenvalue weighted by molar-refractivity contribution is 0.257. The molecule has 2 amide bonds. The van der Waals surface area contributed by atoms with E-state index in [0.29, 0.717) is 17.3 Å². The van der Waals surface area contributed by atoms with Gasteiger partial charge in [-0.15, -0.1) is 0 Å². The first kappa shape index (κ1) is 14.3. The van der Waals surface area contributed by atoms with Gasteiger partial charge in [0.2, 0.25) is 0 Å². The van der Waals surface area contributed by atoms with Crippen LogP contribution in [0.25, 0.3) is 0 Å². The minimum absolute atomic E-state index is 0.276. The molecule has 104 valence electrons. The fourth-order valence-electron chi connectivity index (χ4n) is 1.79. The minimum Gasteiger partial charge on any atom is -0.308 e. The molecule has 0 radical (unpaired) electrons. The molecule has 5 heteroatoms. The van der Waals surface area contributed by atoms with Gasteiger partial charge >= 0.3 is 6.03 Å². The average molecular weight is 293 g/mol. The van der Waals surface area contributed by atoms with E-state index in [1.54, 1.807) is 29.2 Å². The van der Waals surface area contributed by atoms with Gasteiger partial charge in [0, 0.05) is 22.9 Å². The number of hydrogen-bond donors (Lipinski definition) is 1. The van der Waals surface area contributed by atoms with E-state index < -0.39 is 0 Å². The molecule has 0 heterocycles. The van der Waals surface area contributed by atoms with Crippen molar-refractivity contribution in [2.45, 2.75) is 6.92 Å². The molecule has 2 rings (SSSR count). The van der Waals surface area contributed by atoms with Crippen LogP contribution in [0.3, 0.4) is 0 Å². The molecular weight excluding hydrogens is 279 g/mol. The van der Waals surface area contributed by atoms with Crippen LogP contribution in [0.1, 0.15) is 6.92 Å². The Kier molecular flexibility index (Phi) is 4.58. The summed E-state index contributed by atoms with van der Waals surface area (Å²) in [6.07, 6.45) is 0. The fraction of sp³-hybridized carbons (Fsp3) is 0.133. The van der Waals surface area contributed by atoms with E-state index in [0.717, 1.165) is 5.69 Å². The van der Waals surface area contributed by atoms with Crippen molar-refractivity contribution in [2.24, 2.45) is 0 Å². The predicted molar refractivity (Wildman–Crippen MR) is 79.9 cm³/mol. The molecule has 1 N–H and O–H groups in total. The van der Waals surface area contributed by atoms with Crippen LogP contribution in [0.4, 0.5) is 20.6 Å². The Morgan fingerprint density at radius 3 is 2.30 bits per heavy atom. The molecule has 0 aliphatic rings. The van der Waals surface area contributed by atoms with Gasteiger partial charge in [-0.25, -0.2) is 9.18 Å². The van der Waals surface area contributed by atoms with Crippen LogP contribution in [0.2, 0.25) is 5.02 Å². The number of halogens is 2. The summed E-state index contributed by atoms with van der Waals surface area (Å²) in [6, 6.07) is 12.4. The molecule has 0 spiro atoms. The first-order valence-corrected chi connectivity index (χ1v) is 6.57. The highest BCUT2D eigenvalue weighted by molar-refractivity contribution is 6.30. The average Bonchev–Trinajstić information content (AvgIpc) is 2.44. The summed E-state index contributed by atoms with van der Waals surface area (Å²) in [5.74, 6) is -0.340. The quantitative estimate of drug-likeness (QED) is 0.885. The second-order valence-corrected chi connectivity index (χ2v) is 4.59. The van der Waals surface area contributed by atoms with Crippen molar-refractivity contribution in [1.29, 1.82) is 0 Å². The number of carbonyl (C=O) groups is 1. The molecule has 0 fully saturated rings. The molecule has 3 nitrogen and oxygen atoms in total. The lowest BCUT2D eigenvalue weighted by atomic mass is 10.3. The molecule has 0 atom stereocenters. The second-order valence-electron chi connectivity index (χ2n) is 4.16. The third kappa shape index (κ3) is 3.48. The Balaban J connectivity index is 2.13. The maximum Gasteiger partial charge on any atom is 0.326 e. The topological polar surface area (TPSA) is 32.3 Å². The largest absolute Gasteiger partial charge is 0.326 e. The van der Waals surface area contributed by atoms with E-state index in [1.165, 1.54) is 24.3 Å². The summed E-state index contributed by atoms with van der Waals surface area (Å²) in [6.45, 7) is 2.38. The summed E-state index contributed by atoms with van der Waals surface area (Å²) in [5.41, 5.74) is 1.29. The molecule has 0 saturated carbocycles. The molecular formula is C15H14ClFN2O. The number of urea groups is 1. The van der Waals surface area contributed by atoms with Crippen molar-refractivity contribution in [3.05, 3.63) is 59.4 Å². The molecule has 20 heavy (non-hydrogen) atoms. The Morgan fingerprint density at radius 2 is 1.75 bits per heavy atom. The van der Waals surface area contributed by atoms with Gasteiger partial charge in [0.15, 0.2) is 0 Å². The summed E-state index contributed by atoms with van der Waals surface area (Å²) >= 11 is 5.83. The monoisotopic (exact) mass is 292 g/mol. The van der Waals surface area contributed by atoms with Crippen molar-refractivity contribution in [2.75, 3.05) is 16.8 Å². The summed E-state index contributed by atoms with van der Waals surface area (Å²) in [5, 5.41) is 3.34. The van der Waals surface area contributed by atoms with E-state index in [4.69, 9.17) is 11.6 Å². The Hall–Kier alpha value is -2.07. The first-order chi connectivity index (χ1) is 9.60. The summed E-state index contributed by atoms with van der Waals surface area (Å²) < 4.78 is 12.8. The maximum atomic E-state index is 12.8. The van der Waals surface area contributed by atoms with Gasteiger partial charge in [-0.2, -0.15) is 0 Å². The fourth-order valence-corrected chi connectivity index (χ4v) is 1.91. The standard InChI is InChI=1S/C15H14ClFN2O/c1-2-19(14-9-3-11(16)4-10-14)15(20)18-13-7-5-12(17)6-8-13/h3-10H,2H2,1H3,(H,18,20). The molecule has 0 unspecified atom stereocenters. The van der Waals surface area contributed by atoms with Gasteiger partial charge < -0.3 is 5.32 Å². The number of anilines is 2. The highest BCUT2D eigenvalue weighted by Gasteiger charge is 2.13. The Labute approximate surface area is 122 Å². The van der Waals surface area contributed by atoms with Gasteiger partial charge in [0.1, 0.15) is 5.82 Å². The zero-order valence-electron chi connectivity index (χ0n) is 10.9. The van der Waals surface area contributed by atoms with E-state index in [9.17, 15) is 9.18 Å². The van der Waals surface area contributed by atoms with Crippen molar-refractivity contribution >= 4 is 29.0 Å². The molecule has 0 aromatic heterocycles. The van der Waals surface area contributed by atoms with Crippen LogP contribution in [0.5, 0.6) is 0 Å². The van der Waals surface area contributed by atoms with Crippen LogP contribution in [0, 0.1) is 5.82 Å². The van der Waals surface area contributed by atoms with E-state index in [2.05, 4.69) is 5.32 Å². The number of benzene rings is 2. The van der Waals surface area contributed by atoms with Crippen molar-refractivity contribution < 1.29 is 9.18 Å². The summed E-state index contributed by atoms with van der Waals surface area (Å²) in [4.78, 5) is 13.8.